The first kappa shape index (κ1) is 10.7. The molecular formula is C6H13O4P. The van der Waals surface area contributed by atoms with Crippen molar-refractivity contribution in [2.75, 3.05) is 13.3 Å². The van der Waals surface area contributed by atoms with Crippen LogP contribution in [-0.2, 0) is 14.1 Å². The summed E-state index contributed by atoms with van der Waals surface area (Å²) < 4.78 is 14.7. The SMILES string of the molecule is COC(=O)C(C)CC[PH](=O)O. The highest BCUT2D eigenvalue weighted by atomic mass is 31.1. The van der Waals surface area contributed by atoms with Crippen molar-refractivity contribution >= 4 is 14.0 Å². The second kappa shape index (κ2) is 5.33. The second-order valence-corrected chi connectivity index (χ2v) is 3.64. The van der Waals surface area contributed by atoms with Crippen LogP contribution in [0.3, 0.4) is 0 Å². The van der Waals surface area contributed by atoms with E-state index in [1.165, 1.54) is 7.11 Å². The number of methoxy groups -OCH3 is 1. The number of rotatable bonds is 4. The van der Waals surface area contributed by atoms with Gasteiger partial charge in [-0.2, -0.15) is 0 Å². The molecule has 0 rings (SSSR count). The minimum atomic E-state index is -2.43. The molecule has 0 saturated heterocycles. The summed E-state index contributed by atoms with van der Waals surface area (Å²) in [6.45, 7) is 1.68. The fraction of sp³-hybridized carbons (Fsp3) is 0.833. The molecule has 1 N–H and O–H groups in total. The second-order valence-electron chi connectivity index (χ2n) is 2.36. The largest absolute Gasteiger partial charge is 0.469 e. The summed E-state index contributed by atoms with van der Waals surface area (Å²) in [5, 5.41) is 0. The molecule has 0 aromatic carbocycles. The summed E-state index contributed by atoms with van der Waals surface area (Å²) in [6.07, 6.45) is 0.613. The maximum absolute atomic E-state index is 10.7. The zero-order valence-corrected chi connectivity index (χ0v) is 7.66. The lowest BCUT2D eigenvalue weighted by Crippen LogP contribution is -2.13. The van der Waals surface area contributed by atoms with E-state index in [1.54, 1.807) is 6.92 Å². The summed E-state index contributed by atoms with van der Waals surface area (Å²) in [4.78, 5) is 19.2. The Morgan fingerprint density at radius 1 is 1.73 bits per heavy atom. The first-order valence-electron chi connectivity index (χ1n) is 3.37. The van der Waals surface area contributed by atoms with Crippen LogP contribution < -0.4 is 0 Å². The summed E-state index contributed by atoms with van der Waals surface area (Å²) in [6, 6.07) is 0. The predicted octanol–water partition coefficient (Wildman–Crippen LogP) is 0.653. The van der Waals surface area contributed by atoms with Crippen molar-refractivity contribution < 1.29 is 19.0 Å². The molecule has 0 aliphatic heterocycles. The summed E-state index contributed by atoms with van der Waals surface area (Å²) in [5.41, 5.74) is 0. The third-order valence-corrected chi connectivity index (χ3v) is 2.11. The molecule has 0 saturated carbocycles. The zero-order chi connectivity index (χ0) is 8.85. The van der Waals surface area contributed by atoms with Crippen molar-refractivity contribution in [1.82, 2.24) is 0 Å². The molecule has 0 aliphatic carbocycles. The molecule has 5 heteroatoms. The van der Waals surface area contributed by atoms with E-state index in [0.29, 0.717) is 6.42 Å². The van der Waals surface area contributed by atoms with E-state index >= 15 is 0 Å². The lowest BCUT2D eigenvalue weighted by molar-refractivity contribution is -0.144. The van der Waals surface area contributed by atoms with E-state index < -0.39 is 8.03 Å². The van der Waals surface area contributed by atoms with Gasteiger partial charge in [0.05, 0.1) is 13.0 Å². The molecule has 0 bridgehead atoms. The molecule has 2 atom stereocenters. The number of ether oxygens (including phenoxy) is 1. The van der Waals surface area contributed by atoms with E-state index in [1.807, 2.05) is 0 Å². The van der Waals surface area contributed by atoms with Gasteiger partial charge in [0.1, 0.15) is 0 Å². The van der Waals surface area contributed by atoms with Gasteiger partial charge >= 0.3 is 5.97 Å². The Labute approximate surface area is 66.4 Å². The van der Waals surface area contributed by atoms with E-state index in [0.717, 1.165) is 0 Å². The lowest BCUT2D eigenvalue weighted by Gasteiger charge is -2.06. The fourth-order valence-corrected chi connectivity index (χ4v) is 1.34. The third kappa shape index (κ3) is 4.99. The van der Waals surface area contributed by atoms with Gasteiger partial charge in [0.2, 0.25) is 0 Å². The van der Waals surface area contributed by atoms with Crippen molar-refractivity contribution in [2.24, 2.45) is 5.92 Å². The van der Waals surface area contributed by atoms with Crippen molar-refractivity contribution in [3.8, 4) is 0 Å². The van der Waals surface area contributed by atoms with Gasteiger partial charge in [-0.3, -0.25) is 9.36 Å². The van der Waals surface area contributed by atoms with Crippen LogP contribution in [0.25, 0.3) is 0 Å². The Kier molecular flexibility index (Phi) is 5.16. The molecule has 0 aliphatic rings. The number of esters is 1. The highest BCUT2D eigenvalue weighted by molar-refractivity contribution is 7.37. The van der Waals surface area contributed by atoms with Crippen LogP contribution in [0.15, 0.2) is 0 Å². The van der Waals surface area contributed by atoms with Crippen LogP contribution in [0.1, 0.15) is 13.3 Å². The number of carbonyl (C=O) groups is 1. The highest BCUT2D eigenvalue weighted by Gasteiger charge is 2.12. The van der Waals surface area contributed by atoms with Gasteiger partial charge in [-0.15, -0.1) is 0 Å². The predicted molar refractivity (Wildman–Crippen MR) is 41.9 cm³/mol. The van der Waals surface area contributed by atoms with Crippen LogP contribution in [0.5, 0.6) is 0 Å². The maximum atomic E-state index is 10.7. The molecule has 0 heterocycles. The molecule has 4 nitrogen and oxygen atoms in total. The summed E-state index contributed by atoms with van der Waals surface area (Å²) >= 11 is 0. The molecule has 2 unspecified atom stereocenters. The standard InChI is InChI=1S/C6H13O4P/c1-5(6(7)10-2)3-4-11(8)9/h5,11H,3-4H2,1-2H3,(H,8,9). The smallest absolute Gasteiger partial charge is 0.308 e. The molecule has 0 aromatic heterocycles. The molecular weight excluding hydrogens is 167 g/mol. The fourth-order valence-electron chi connectivity index (χ4n) is 0.659. The Balaban J connectivity index is 3.60. The highest BCUT2D eigenvalue weighted by Crippen LogP contribution is 2.17. The zero-order valence-electron chi connectivity index (χ0n) is 6.66. The van der Waals surface area contributed by atoms with Crippen LogP contribution in [0.2, 0.25) is 0 Å². The van der Waals surface area contributed by atoms with Crippen molar-refractivity contribution in [3.63, 3.8) is 0 Å². The molecule has 0 aromatic rings. The van der Waals surface area contributed by atoms with Crippen LogP contribution in [-0.4, -0.2) is 24.1 Å². The van der Waals surface area contributed by atoms with Gasteiger partial charge in [0.15, 0.2) is 8.03 Å². The topological polar surface area (TPSA) is 63.6 Å². The van der Waals surface area contributed by atoms with Crippen LogP contribution in [0, 0.1) is 5.92 Å². The van der Waals surface area contributed by atoms with E-state index in [9.17, 15) is 9.36 Å². The first-order chi connectivity index (χ1) is 5.07. The Morgan fingerprint density at radius 2 is 2.27 bits per heavy atom. The van der Waals surface area contributed by atoms with Gasteiger partial charge in [0, 0.05) is 6.16 Å². The van der Waals surface area contributed by atoms with Gasteiger partial charge in [-0.25, -0.2) is 0 Å². The van der Waals surface area contributed by atoms with E-state index in [-0.39, 0.29) is 18.0 Å². The minimum Gasteiger partial charge on any atom is -0.469 e. The molecule has 0 amide bonds. The number of hydrogen-bond acceptors (Lipinski definition) is 3. The summed E-state index contributed by atoms with van der Waals surface area (Å²) in [7, 11) is -1.12. The van der Waals surface area contributed by atoms with Gasteiger partial charge in [-0.05, 0) is 6.42 Å². The quantitative estimate of drug-likeness (QED) is 0.509. The lowest BCUT2D eigenvalue weighted by atomic mass is 10.1. The molecule has 0 fully saturated rings. The van der Waals surface area contributed by atoms with Crippen molar-refractivity contribution in [3.05, 3.63) is 0 Å². The molecule has 0 radical (unpaired) electrons. The van der Waals surface area contributed by atoms with E-state index in [2.05, 4.69) is 4.74 Å². The average Bonchev–Trinajstić information content (AvgIpc) is 1.98. The van der Waals surface area contributed by atoms with Gasteiger partial charge in [-0.1, -0.05) is 6.92 Å². The van der Waals surface area contributed by atoms with Crippen molar-refractivity contribution in [2.45, 2.75) is 13.3 Å². The maximum Gasteiger partial charge on any atom is 0.308 e. The van der Waals surface area contributed by atoms with E-state index in [4.69, 9.17) is 4.89 Å². The number of hydrogen-bond donors (Lipinski definition) is 1. The Hall–Kier alpha value is -0.340. The Bertz CT molecular complexity index is 157. The van der Waals surface area contributed by atoms with Crippen LogP contribution >= 0.6 is 8.03 Å². The normalized spacial score (nSPS) is 15.5. The van der Waals surface area contributed by atoms with Gasteiger partial charge in [0.25, 0.3) is 0 Å². The van der Waals surface area contributed by atoms with Crippen molar-refractivity contribution in [1.29, 1.82) is 0 Å². The average molecular weight is 180 g/mol. The monoisotopic (exact) mass is 180 g/mol. The third-order valence-electron chi connectivity index (χ3n) is 1.39. The molecule has 66 valence electrons. The molecule has 0 spiro atoms. The number of carbonyl (C=O) groups excluding carboxylic acids is 1. The summed E-state index contributed by atoms with van der Waals surface area (Å²) in [5.74, 6) is -0.602. The van der Waals surface area contributed by atoms with Gasteiger partial charge < -0.3 is 9.63 Å². The van der Waals surface area contributed by atoms with Crippen LogP contribution in [0.4, 0.5) is 0 Å². The first-order valence-corrected chi connectivity index (χ1v) is 4.93. The minimum absolute atomic E-state index is 0.195. The molecule has 11 heavy (non-hydrogen) atoms. The Morgan fingerprint density at radius 3 is 2.64 bits per heavy atom.